The second kappa shape index (κ2) is 6.01. The second-order valence-electron chi connectivity index (χ2n) is 5.32. The van der Waals surface area contributed by atoms with Crippen molar-refractivity contribution in [3.05, 3.63) is 34.4 Å². The van der Waals surface area contributed by atoms with Crippen molar-refractivity contribution in [2.75, 3.05) is 0 Å². The summed E-state index contributed by atoms with van der Waals surface area (Å²) in [6.07, 6.45) is 0. The number of carboxylic acid groups (broad SMARTS) is 1. The van der Waals surface area contributed by atoms with E-state index in [9.17, 15) is 4.79 Å². The maximum atomic E-state index is 11.1. The Morgan fingerprint density at radius 3 is 2.11 bits per heavy atom. The first-order valence-electron chi connectivity index (χ1n) is 6.35. The molecular weight excluding hydrogens is 226 g/mol. The third kappa shape index (κ3) is 3.57. The average molecular weight is 249 g/mol. The summed E-state index contributed by atoms with van der Waals surface area (Å²) in [5.74, 6) is -0.707. The highest BCUT2D eigenvalue weighted by molar-refractivity contribution is 5.73. The lowest BCUT2D eigenvalue weighted by Crippen LogP contribution is -2.40. The zero-order valence-corrected chi connectivity index (χ0v) is 11.9. The molecule has 0 fully saturated rings. The molecule has 100 valence electrons. The Morgan fingerprint density at radius 2 is 1.72 bits per heavy atom. The lowest BCUT2D eigenvalue weighted by atomic mass is 9.98. The second-order valence-corrected chi connectivity index (χ2v) is 5.32. The van der Waals surface area contributed by atoms with Gasteiger partial charge >= 0.3 is 5.97 Å². The van der Waals surface area contributed by atoms with Crippen LogP contribution in [-0.2, 0) is 11.3 Å². The van der Waals surface area contributed by atoms with E-state index in [4.69, 9.17) is 5.11 Å². The smallest absolute Gasteiger partial charge is 0.320 e. The fourth-order valence-electron chi connectivity index (χ4n) is 2.31. The SMILES string of the molecule is Cc1cc(C)c(CNC(C(=O)O)C(C)C)c(C)c1. The summed E-state index contributed by atoms with van der Waals surface area (Å²) in [6, 6.07) is 3.77. The van der Waals surface area contributed by atoms with Gasteiger partial charge in [-0.25, -0.2) is 0 Å². The maximum Gasteiger partial charge on any atom is 0.320 e. The molecular formula is C15H23NO2. The van der Waals surface area contributed by atoms with Gasteiger partial charge in [-0.2, -0.15) is 0 Å². The molecule has 0 bridgehead atoms. The third-order valence-corrected chi connectivity index (χ3v) is 3.27. The quantitative estimate of drug-likeness (QED) is 0.843. The highest BCUT2D eigenvalue weighted by atomic mass is 16.4. The van der Waals surface area contributed by atoms with Crippen LogP contribution in [0.4, 0.5) is 0 Å². The number of hydrogen-bond acceptors (Lipinski definition) is 2. The van der Waals surface area contributed by atoms with Crippen LogP contribution in [0.15, 0.2) is 12.1 Å². The van der Waals surface area contributed by atoms with Crippen LogP contribution in [0.2, 0.25) is 0 Å². The summed E-state index contributed by atoms with van der Waals surface area (Å²) >= 11 is 0. The van der Waals surface area contributed by atoms with Gasteiger partial charge in [0.25, 0.3) is 0 Å². The fraction of sp³-hybridized carbons (Fsp3) is 0.533. The van der Waals surface area contributed by atoms with Gasteiger partial charge < -0.3 is 10.4 Å². The van der Waals surface area contributed by atoms with Gasteiger partial charge in [0.15, 0.2) is 0 Å². The van der Waals surface area contributed by atoms with Crippen LogP contribution < -0.4 is 5.32 Å². The molecule has 1 aromatic rings. The molecule has 2 N–H and O–H groups in total. The van der Waals surface area contributed by atoms with E-state index < -0.39 is 12.0 Å². The molecule has 3 nitrogen and oxygen atoms in total. The average Bonchev–Trinajstić information content (AvgIpc) is 2.20. The zero-order chi connectivity index (χ0) is 13.9. The van der Waals surface area contributed by atoms with Gasteiger partial charge in [-0.3, -0.25) is 4.79 Å². The molecule has 1 atom stereocenters. The molecule has 1 aromatic carbocycles. The molecule has 0 radical (unpaired) electrons. The van der Waals surface area contributed by atoms with Crippen molar-refractivity contribution in [2.24, 2.45) is 5.92 Å². The van der Waals surface area contributed by atoms with Crippen molar-refractivity contribution >= 4 is 5.97 Å². The number of nitrogens with one attached hydrogen (secondary N) is 1. The summed E-state index contributed by atoms with van der Waals surface area (Å²) in [6.45, 7) is 10.7. The molecule has 0 aliphatic rings. The van der Waals surface area contributed by atoms with E-state index in [1.54, 1.807) is 0 Å². The molecule has 0 heterocycles. The van der Waals surface area contributed by atoms with E-state index in [0.29, 0.717) is 6.54 Å². The van der Waals surface area contributed by atoms with Gasteiger partial charge in [0.05, 0.1) is 0 Å². The number of aliphatic carboxylic acids is 1. The molecule has 3 heteroatoms. The normalized spacial score (nSPS) is 12.8. The minimum atomic E-state index is -0.785. The Bertz CT molecular complexity index is 415. The van der Waals surface area contributed by atoms with Crippen molar-refractivity contribution in [3.8, 4) is 0 Å². The predicted molar refractivity (Wildman–Crippen MR) is 73.8 cm³/mol. The van der Waals surface area contributed by atoms with Crippen LogP contribution in [0.1, 0.15) is 36.1 Å². The zero-order valence-electron chi connectivity index (χ0n) is 11.9. The van der Waals surface area contributed by atoms with Crippen LogP contribution in [0.5, 0.6) is 0 Å². The van der Waals surface area contributed by atoms with Gasteiger partial charge in [0.1, 0.15) is 6.04 Å². The van der Waals surface area contributed by atoms with E-state index in [0.717, 1.165) is 0 Å². The van der Waals surface area contributed by atoms with Crippen LogP contribution >= 0.6 is 0 Å². The highest BCUT2D eigenvalue weighted by Gasteiger charge is 2.20. The summed E-state index contributed by atoms with van der Waals surface area (Å²) < 4.78 is 0. The lowest BCUT2D eigenvalue weighted by molar-refractivity contribution is -0.140. The van der Waals surface area contributed by atoms with Gasteiger partial charge in [-0.05, 0) is 43.4 Å². The standard InChI is InChI=1S/C15H23NO2/c1-9(2)14(15(17)18)16-8-13-11(4)6-10(3)7-12(13)5/h6-7,9,14,16H,8H2,1-5H3,(H,17,18). The Hall–Kier alpha value is -1.35. The van der Waals surface area contributed by atoms with Gasteiger partial charge in [-0.15, -0.1) is 0 Å². The number of rotatable bonds is 5. The van der Waals surface area contributed by atoms with E-state index in [1.807, 2.05) is 13.8 Å². The Kier molecular flexibility index (Phi) is 4.91. The molecule has 18 heavy (non-hydrogen) atoms. The van der Waals surface area contributed by atoms with E-state index in [-0.39, 0.29) is 5.92 Å². The lowest BCUT2D eigenvalue weighted by Gasteiger charge is -2.20. The minimum Gasteiger partial charge on any atom is -0.480 e. The van der Waals surface area contributed by atoms with Crippen molar-refractivity contribution in [3.63, 3.8) is 0 Å². The third-order valence-electron chi connectivity index (χ3n) is 3.27. The molecule has 0 amide bonds. The molecule has 0 saturated heterocycles. The first-order chi connectivity index (χ1) is 8.32. The predicted octanol–water partition coefficient (Wildman–Crippen LogP) is 2.81. The van der Waals surface area contributed by atoms with Gasteiger partial charge in [0.2, 0.25) is 0 Å². The minimum absolute atomic E-state index is 0.0774. The topological polar surface area (TPSA) is 49.3 Å². The molecule has 0 spiro atoms. The number of hydrogen-bond donors (Lipinski definition) is 2. The molecule has 1 unspecified atom stereocenters. The van der Waals surface area contributed by atoms with Crippen molar-refractivity contribution in [1.82, 2.24) is 5.32 Å². The Morgan fingerprint density at radius 1 is 1.22 bits per heavy atom. The highest BCUT2D eigenvalue weighted by Crippen LogP contribution is 2.16. The van der Waals surface area contributed by atoms with Crippen LogP contribution in [-0.4, -0.2) is 17.1 Å². The first kappa shape index (κ1) is 14.7. The summed E-state index contributed by atoms with van der Waals surface area (Å²) in [7, 11) is 0. The van der Waals surface area contributed by atoms with Crippen molar-refractivity contribution in [2.45, 2.75) is 47.2 Å². The molecule has 1 rings (SSSR count). The monoisotopic (exact) mass is 249 g/mol. The largest absolute Gasteiger partial charge is 0.480 e. The van der Waals surface area contributed by atoms with Crippen LogP contribution in [0, 0.1) is 26.7 Å². The fourth-order valence-corrected chi connectivity index (χ4v) is 2.31. The van der Waals surface area contributed by atoms with Crippen LogP contribution in [0.25, 0.3) is 0 Å². The van der Waals surface area contributed by atoms with E-state index in [2.05, 4.69) is 38.2 Å². The van der Waals surface area contributed by atoms with Crippen LogP contribution in [0.3, 0.4) is 0 Å². The molecule has 0 aromatic heterocycles. The number of benzene rings is 1. The molecule has 0 aliphatic carbocycles. The maximum absolute atomic E-state index is 11.1. The number of carboxylic acids is 1. The summed E-state index contributed by atoms with van der Waals surface area (Å²) in [5, 5.41) is 12.3. The molecule has 0 saturated carbocycles. The summed E-state index contributed by atoms with van der Waals surface area (Å²) in [5.41, 5.74) is 4.88. The van der Waals surface area contributed by atoms with E-state index >= 15 is 0 Å². The number of aryl methyl sites for hydroxylation is 3. The Balaban J connectivity index is 2.83. The summed E-state index contributed by atoms with van der Waals surface area (Å²) in [4.78, 5) is 11.1. The number of carbonyl (C=O) groups is 1. The van der Waals surface area contributed by atoms with Crippen molar-refractivity contribution < 1.29 is 9.90 Å². The van der Waals surface area contributed by atoms with E-state index in [1.165, 1.54) is 22.3 Å². The molecule has 0 aliphatic heterocycles. The first-order valence-corrected chi connectivity index (χ1v) is 6.35. The van der Waals surface area contributed by atoms with Gasteiger partial charge in [0, 0.05) is 6.54 Å². The Labute approximate surface area is 109 Å². The van der Waals surface area contributed by atoms with Gasteiger partial charge in [-0.1, -0.05) is 31.5 Å². The van der Waals surface area contributed by atoms with Crippen molar-refractivity contribution in [1.29, 1.82) is 0 Å².